The maximum atomic E-state index is 12.2. The molecule has 0 N–H and O–H groups in total. The van der Waals surface area contributed by atoms with Gasteiger partial charge in [0.15, 0.2) is 5.78 Å². The van der Waals surface area contributed by atoms with Crippen LogP contribution in [0.2, 0.25) is 0 Å². The first-order chi connectivity index (χ1) is 7.81. The third kappa shape index (κ3) is 2.52. The molecule has 0 heterocycles. The van der Waals surface area contributed by atoms with Gasteiger partial charge in [0, 0.05) is 11.5 Å². The van der Waals surface area contributed by atoms with E-state index in [1.54, 1.807) is 0 Å². The third-order valence-corrected chi connectivity index (χ3v) is 3.48. The highest BCUT2D eigenvalue weighted by molar-refractivity contribution is 5.98. The molecule has 0 amide bonds. The number of hydrogen-bond donors (Lipinski definition) is 0. The SMILES string of the molecule is CCCc1cccc(C(=O)C2CCCC2)c1. The second-order valence-corrected chi connectivity index (χ2v) is 4.80. The number of ketones is 1. The maximum absolute atomic E-state index is 12.2. The zero-order valence-electron chi connectivity index (χ0n) is 10.0. The van der Waals surface area contributed by atoms with Crippen molar-refractivity contribution >= 4 is 5.78 Å². The summed E-state index contributed by atoms with van der Waals surface area (Å²) < 4.78 is 0. The van der Waals surface area contributed by atoms with Crippen molar-refractivity contribution in [3.63, 3.8) is 0 Å². The van der Waals surface area contributed by atoms with E-state index in [0.29, 0.717) is 11.7 Å². The molecule has 0 aromatic heterocycles. The van der Waals surface area contributed by atoms with Crippen LogP contribution in [-0.4, -0.2) is 5.78 Å². The number of Topliss-reactive ketones (excluding diaryl/α,β-unsaturated/α-hetero) is 1. The summed E-state index contributed by atoms with van der Waals surface area (Å²) in [7, 11) is 0. The molecule has 0 radical (unpaired) electrons. The maximum Gasteiger partial charge on any atom is 0.165 e. The van der Waals surface area contributed by atoms with Gasteiger partial charge in [0.25, 0.3) is 0 Å². The van der Waals surface area contributed by atoms with E-state index >= 15 is 0 Å². The summed E-state index contributed by atoms with van der Waals surface area (Å²) in [5, 5.41) is 0. The Hall–Kier alpha value is -1.11. The second-order valence-electron chi connectivity index (χ2n) is 4.80. The highest BCUT2D eigenvalue weighted by atomic mass is 16.1. The van der Waals surface area contributed by atoms with Gasteiger partial charge in [-0.2, -0.15) is 0 Å². The molecule has 0 aliphatic heterocycles. The van der Waals surface area contributed by atoms with Crippen LogP contribution in [0.3, 0.4) is 0 Å². The summed E-state index contributed by atoms with van der Waals surface area (Å²) >= 11 is 0. The molecule has 1 aliphatic carbocycles. The average molecular weight is 216 g/mol. The predicted molar refractivity (Wildman–Crippen MR) is 66.7 cm³/mol. The zero-order chi connectivity index (χ0) is 11.4. The quantitative estimate of drug-likeness (QED) is 0.695. The number of benzene rings is 1. The Morgan fingerprint density at radius 2 is 2.06 bits per heavy atom. The van der Waals surface area contributed by atoms with Crippen LogP contribution >= 0.6 is 0 Å². The van der Waals surface area contributed by atoms with Crippen LogP contribution in [0.1, 0.15) is 54.9 Å². The normalized spacial score (nSPS) is 16.6. The van der Waals surface area contributed by atoms with Gasteiger partial charge in [-0.05, 0) is 30.9 Å². The molecular formula is C15H20O. The predicted octanol–water partition coefficient (Wildman–Crippen LogP) is 4.01. The number of carbonyl (C=O) groups is 1. The van der Waals surface area contributed by atoms with Gasteiger partial charge in [-0.25, -0.2) is 0 Å². The van der Waals surface area contributed by atoms with Crippen molar-refractivity contribution in [1.29, 1.82) is 0 Å². The van der Waals surface area contributed by atoms with Gasteiger partial charge in [-0.1, -0.05) is 44.4 Å². The van der Waals surface area contributed by atoms with Crippen molar-refractivity contribution in [3.05, 3.63) is 35.4 Å². The monoisotopic (exact) mass is 216 g/mol. The number of hydrogen-bond acceptors (Lipinski definition) is 1. The van der Waals surface area contributed by atoms with Crippen LogP contribution in [0.15, 0.2) is 24.3 Å². The third-order valence-electron chi connectivity index (χ3n) is 3.48. The Bertz CT molecular complexity index is 361. The van der Waals surface area contributed by atoms with E-state index in [1.165, 1.54) is 18.4 Å². The van der Waals surface area contributed by atoms with Crippen LogP contribution < -0.4 is 0 Å². The Morgan fingerprint density at radius 3 is 2.75 bits per heavy atom. The molecule has 1 aromatic rings. The van der Waals surface area contributed by atoms with E-state index in [1.807, 2.05) is 12.1 Å². The molecule has 0 spiro atoms. The van der Waals surface area contributed by atoms with Crippen molar-refractivity contribution in [2.45, 2.75) is 45.4 Å². The summed E-state index contributed by atoms with van der Waals surface area (Å²) in [6.45, 7) is 2.17. The lowest BCUT2D eigenvalue weighted by Crippen LogP contribution is -2.11. The van der Waals surface area contributed by atoms with Gasteiger partial charge in [-0.15, -0.1) is 0 Å². The van der Waals surface area contributed by atoms with Gasteiger partial charge in [0.1, 0.15) is 0 Å². The molecule has 0 saturated heterocycles. The molecule has 1 aromatic carbocycles. The molecule has 1 aliphatic rings. The van der Waals surface area contributed by atoms with Gasteiger partial charge in [0.2, 0.25) is 0 Å². The van der Waals surface area contributed by atoms with E-state index < -0.39 is 0 Å². The van der Waals surface area contributed by atoms with E-state index in [-0.39, 0.29) is 0 Å². The minimum atomic E-state index is 0.303. The molecular weight excluding hydrogens is 196 g/mol. The highest BCUT2D eigenvalue weighted by Gasteiger charge is 2.23. The number of carbonyl (C=O) groups excluding carboxylic acids is 1. The first kappa shape index (κ1) is 11.4. The van der Waals surface area contributed by atoms with Crippen molar-refractivity contribution in [3.8, 4) is 0 Å². The number of aryl methyl sites for hydroxylation is 1. The van der Waals surface area contributed by atoms with Gasteiger partial charge >= 0.3 is 0 Å². The minimum Gasteiger partial charge on any atom is -0.294 e. The summed E-state index contributed by atoms with van der Waals surface area (Å²) in [6, 6.07) is 8.20. The standard InChI is InChI=1S/C15H20O/c1-2-6-12-7-5-10-14(11-12)15(16)13-8-3-4-9-13/h5,7,10-11,13H,2-4,6,8-9H2,1H3. The Kier molecular flexibility index (Phi) is 3.76. The van der Waals surface area contributed by atoms with Crippen molar-refractivity contribution in [2.24, 2.45) is 5.92 Å². The minimum absolute atomic E-state index is 0.303. The van der Waals surface area contributed by atoms with Gasteiger partial charge < -0.3 is 0 Å². The van der Waals surface area contributed by atoms with E-state index in [2.05, 4.69) is 19.1 Å². The zero-order valence-corrected chi connectivity index (χ0v) is 10.0. The van der Waals surface area contributed by atoms with E-state index in [0.717, 1.165) is 31.2 Å². The molecule has 1 fully saturated rings. The summed E-state index contributed by atoms with van der Waals surface area (Å²) in [4.78, 5) is 12.2. The van der Waals surface area contributed by atoms with Crippen molar-refractivity contribution in [2.75, 3.05) is 0 Å². The fraction of sp³-hybridized carbons (Fsp3) is 0.533. The molecule has 86 valence electrons. The first-order valence-corrected chi connectivity index (χ1v) is 6.44. The van der Waals surface area contributed by atoms with Crippen LogP contribution in [0.25, 0.3) is 0 Å². The Labute approximate surface area is 97.9 Å². The van der Waals surface area contributed by atoms with Crippen molar-refractivity contribution < 1.29 is 4.79 Å². The van der Waals surface area contributed by atoms with Crippen molar-refractivity contribution in [1.82, 2.24) is 0 Å². The Balaban J connectivity index is 2.12. The highest BCUT2D eigenvalue weighted by Crippen LogP contribution is 2.28. The molecule has 1 saturated carbocycles. The lowest BCUT2D eigenvalue weighted by molar-refractivity contribution is 0.0923. The Morgan fingerprint density at radius 1 is 1.31 bits per heavy atom. The van der Waals surface area contributed by atoms with Crippen LogP contribution in [0.4, 0.5) is 0 Å². The van der Waals surface area contributed by atoms with Crippen LogP contribution in [0.5, 0.6) is 0 Å². The van der Waals surface area contributed by atoms with Gasteiger partial charge in [0.05, 0.1) is 0 Å². The fourth-order valence-corrected chi connectivity index (χ4v) is 2.59. The molecule has 16 heavy (non-hydrogen) atoms. The smallest absolute Gasteiger partial charge is 0.165 e. The second kappa shape index (κ2) is 5.29. The van der Waals surface area contributed by atoms with Crippen LogP contribution in [0, 0.1) is 5.92 Å². The lowest BCUT2D eigenvalue weighted by atomic mass is 9.94. The largest absolute Gasteiger partial charge is 0.294 e. The molecule has 1 nitrogen and oxygen atoms in total. The topological polar surface area (TPSA) is 17.1 Å². The van der Waals surface area contributed by atoms with E-state index in [4.69, 9.17) is 0 Å². The molecule has 1 heteroatoms. The summed E-state index contributed by atoms with van der Waals surface area (Å²) in [6.07, 6.45) is 6.86. The van der Waals surface area contributed by atoms with Gasteiger partial charge in [-0.3, -0.25) is 4.79 Å². The first-order valence-electron chi connectivity index (χ1n) is 6.44. The number of rotatable bonds is 4. The molecule has 0 atom stereocenters. The fourth-order valence-electron chi connectivity index (χ4n) is 2.59. The van der Waals surface area contributed by atoms with E-state index in [9.17, 15) is 4.79 Å². The van der Waals surface area contributed by atoms with Crippen LogP contribution in [-0.2, 0) is 6.42 Å². The summed E-state index contributed by atoms with van der Waals surface area (Å²) in [5.74, 6) is 0.673. The lowest BCUT2D eigenvalue weighted by Gasteiger charge is -2.09. The molecule has 2 rings (SSSR count). The molecule has 0 unspecified atom stereocenters. The average Bonchev–Trinajstić information content (AvgIpc) is 2.82. The summed E-state index contributed by atoms with van der Waals surface area (Å²) in [5.41, 5.74) is 2.23. The molecule has 0 bridgehead atoms.